The van der Waals surface area contributed by atoms with Gasteiger partial charge in [-0.1, -0.05) is 290 Å². The molecule has 0 N–H and O–H groups in total. The fourth-order valence-electron chi connectivity index (χ4n) is 16.7. The topological polar surface area (TPSA) is 355 Å². The molecule has 10 rings (SSSR count). The van der Waals surface area contributed by atoms with E-state index in [2.05, 4.69) is 13.8 Å². The quantitative estimate of drug-likeness (QED) is 0.0194. The van der Waals surface area contributed by atoms with Crippen LogP contribution in [0.4, 0.5) is 0 Å². The number of carbonyl (C=O) groups is 10. The van der Waals surface area contributed by atoms with E-state index in [0.717, 1.165) is 91.9 Å². The first-order valence-electron chi connectivity index (χ1n) is 48.7. The third-order valence-corrected chi connectivity index (χ3v) is 23.8. The van der Waals surface area contributed by atoms with Crippen molar-refractivity contribution in [2.24, 2.45) is 0 Å². The molecule has 0 aromatic heterocycles. The summed E-state index contributed by atoms with van der Waals surface area (Å²) in [7, 11) is 0. The van der Waals surface area contributed by atoms with Crippen LogP contribution in [0.15, 0.2) is 182 Å². The van der Waals surface area contributed by atoms with Gasteiger partial charge in [-0.15, -0.1) is 0 Å². The van der Waals surface area contributed by atoms with Crippen LogP contribution in [0.1, 0.15) is 283 Å². The van der Waals surface area contributed by atoms with Crippen LogP contribution in [0.25, 0.3) is 0 Å². The van der Waals surface area contributed by atoms with Crippen molar-refractivity contribution in [1.29, 1.82) is 0 Å². The van der Waals surface area contributed by atoms with Crippen LogP contribution in [0.5, 0.6) is 0 Å². The molecule has 4 heterocycles. The summed E-state index contributed by atoms with van der Waals surface area (Å²) >= 11 is 0. The molecule has 1 unspecified atom stereocenters. The third kappa shape index (κ3) is 36.5. The molecule has 4 aliphatic rings. The van der Waals surface area contributed by atoms with Gasteiger partial charge in [0.25, 0.3) is 0 Å². The van der Waals surface area contributed by atoms with E-state index in [1.165, 1.54) is 182 Å². The summed E-state index contributed by atoms with van der Waals surface area (Å²) in [6.07, 6.45) is 1.15. The Hall–Kier alpha value is -10.4. The van der Waals surface area contributed by atoms with Gasteiger partial charge < -0.3 is 94.7 Å². The van der Waals surface area contributed by atoms with E-state index < -0.39 is 197 Å². The summed E-state index contributed by atoms with van der Waals surface area (Å²) in [5, 5.41) is 0. The van der Waals surface area contributed by atoms with Crippen LogP contribution in [-0.4, -0.2) is 223 Å². The van der Waals surface area contributed by atoms with Crippen molar-refractivity contribution in [1.82, 2.24) is 0 Å². The van der Waals surface area contributed by atoms with Gasteiger partial charge in [-0.3, -0.25) is 19.2 Å². The molecule has 18 atom stereocenters. The maximum Gasteiger partial charge on any atom is 0.338 e. The molecule has 30 heteroatoms. The Morgan fingerprint density at radius 3 is 0.875 bits per heavy atom. The molecule has 6 aromatic carbocycles. The highest BCUT2D eigenvalue weighted by molar-refractivity contribution is 5.92. The Morgan fingerprint density at radius 1 is 0.250 bits per heavy atom. The molecule has 0 saturated carbocycles. The minimum absolute atomic E-state index is 0.00833. The SMILES string of the molecule is CCCCCCCCCCCCCCCCOCC(CO[C@H]1O[C@H](CO[C@H]2O[C@H](COC(C)=O)[C@@H](OC(C)=O)[C@H](OC(C)=O)[C@@H]2OC(C)=O)[C@@H](O[C@H]2O[C@H](COC(=O)c3ccccc3)[C@@H](OC(=O)c3ccccc3)[C@@H]2OC(=O)c2ccccc2)[C@@H]1O[C@H]1O[C@H](COC(=O)c2ccccc2)[C@@H](OC(=O)c2ccccc2)[C@@H]1OC(=O)c1ccccc1)OCCCCCCCCCCCCCCCC. The fraction of sp³-hybridized carbons (Fsp3) is 0.566. The van der Waals surface area contributed by atoms with Crippen LogP contribution in [-0.2, 0) is 114 Å². The first-order chi connectivity index (χ1) is 66.2. The molecule has 4 fully saturated rings. The van der Waals surface area contributed by atoms with Gasteiger partial charge in [0.2, 0.25) is 0 Å². The second-order valence-corrected chi connectivity index (χ2v) is 34.7. The molecule has 0 radical (unpaired) electrons. The van der Waals surface area contributed by atoms with Gasteiger partial charge in [0.15, 0.2) is 67.9 Å². The van der Waals surface area contributed by atoms with Gasteiger partial charge in [0.1, 0.15) is 62.5 Å². The Bertz CT molecular complexity index is 4490. The molecule has 0 spiro atoms. The summed E-state index contributed by atoms with van der Waals surface area (Å²) in [6.45, 7) is 6.21. The van der Waals surface area contributed by atoms with Crippen molar-refractivity contribution < 1.29 is 143 Å². The number of carbonyl (C=O) groups excluding carboxylic acids is 10. The highest BCUT2D eigenvalue weighted by atomic mass is 16.8. The molecule has 30 nitrogen and oxygen atoms in total. The van der Waals surface area contributed by atoms with Crippen molar-refractivity contribution >= 4 is 59.7 Å². The number of hydrogen-bond donors (Lipinski definition) is 0. The van der Waals surface area contributed by atoms with E-state index in [0.29, 0.717) is 13.0 Å². The number of hydrogen-bond acceptors (Lipinski definition) is 30. The van der Waals surface area contributed by atoms with Crippen molar-refractivity contribution in [3.63, 3.8) is 0 Å². The lowest BCUT2D eigenvalue weighted by Crippen LogP contribution is -2.63. The van der Waals surface area contributed by atoms with Crippen LogP contribution >= 0.6 is 0 Å². The summed E-state index contributed by atoms with van der Waals surface area (Å²) in [5.41, 5.74) is 0.382. The van der Waals surface area contributed by atoms with E-state index >= 15 is 9.59 Å². The monoisotopic (exact) mass is 1890 g/mol. The number of rotatable bonds is 62. The molecule has 0 aliphatic carbocycles. The maximum atomic E-state index is 15.0. The predicted octanol–water partition coefficient (Wildman–Crippen LogP) is 18.0. The lowest BCUT2D eigenvalue weighted by molar-refractivity contribution is -0.314. The highest BCUT2D eigenvalue weighted by Gasteiger charge is 2.61. The number of unbranched alkanes of at least 4 members (excludes halogenated alkanes) is 26. The smallest absolute Gasteiger partial charge is 0.338 e. The Balaban J connectivity index is 1.08. The average molecular weight is 1890 g/mol. The Kier molecular flexibility index (Phi) is 47.8. The minimum Gasteiger partial charge on any atom is -0.463 e. The van der Waals surface area contributed by atoms with Crippen LogP contribution in [0.3, 0.4) is 0 Å². The largest absolute Gasteiger partial charge is 0.463 e. The molecular weight excluding hydrogens is 1750 g/mol. The predicted molar refractivity (Wildman–Crippen MR) is 497 cm³/mol. The normalized spacial score (nSPS) is 23.1. The molecular formula is C106H138O30. The van der Waals surface area contributed by atoms with Gasteiger partial charge in [0.05, 0.1) is 53.2 Å². The highest BCUT2D eigenvalue weighted by Crippen LogP contribution is 2.41. The molecule has 742 valence electrons. The zero-order chi connectivity index (χ0) is 96.4. The first kappa shape index (κ1) is 108. The average Bonchev–Trinajstić information content (AvgIpc) is 1.66. The molecule has 0 amide bonds. The van der Waals surface area contributed by atoms with E-state index in [9.17, 15) is 38.4 Å². The van der Waals surface area contributed by atoms with E-state index in [1.54, 1.807) is 109 Å². The summed E-state index contributed by atoms with van der Waals surface area (Å²) in [6, 6.07) is 47.4. The van der Waals surface area contributed by atoms with Crippen LogP contribution in [0, 0.1) is 0 Å². The minimum atomic E-state index is -2.00. The number of benzene rings is 6. The van der Waals surface area contributed by atoms with Gasteiger partial charge in [-0.25, -0.2) is 28.8 Å². The summed E-state index contributed by atoms with van der Waals surface area (Å²) < 4.78 is 130. The van der Waals surface area contributed by atoms with Crippen LogP contribution in [0.2, 0.25) is 0 Å². The number of ether oxygens (including phenoxy) is 20. The summed E-state index contributed by atoms with van der Waals surface area (Å²) in [4.78, 5) is 140. The summed E-state index contributed by atoms with van der Waals surface area (Å²) in [5.74, 6) is -9.14. The second-order valence-electron chi connectivity index (χ2n) is 34.7. The second kappa shape index (κ2) is 60.4. The zero-order valence-corrected chi connectivity index (χ0v) is 79.4. The molecule has 4 saturated heterocycles. The molecule has 4 aliphatic heterocycles. The molecule has 6 aromatic rings. The lowest BCUT2D eigenvalue weighted by atomic mass is 9.98. The van der Waals surface area contributed by atoms with E-state index in [4.69, 9.17) is 94.7 Å². The van der Waals surface area contributed by atoms with Crippen LogP contribution < -0.4 is 0 Å². The lowest BCUT2D eigenvalue weighted by Gasteiger charge is -2.44. The first-order valence-corrected chi connectivity index (χ1v) is 48.7. The molecule has 0 bridgehead atoms. The zero-order valence-electron chi connectivity index (χ0n) is 79.4. The van der Waals surface area contributed by atoms with Gasteiger partial charge in [-0.2, -0.15) is 0 Å². The Labute approximate surface area is 798 Å². The van der Waals surface area contributed by atoms with Crippen molar-refractivity contribution in [2.75, 3.05) is 52.9 Å². The van der Waals surface area contributed by atoms with Crippen molar-refractivity contribution in [2.45, 2.75) is 332 Å². The van der Waals surface area contributed by atoms with Gasteiger partial charge in [-0.05, 0) is 85.6 Å². The van der Waals surface area contributed by atoms with E-state index in [1.807, 2.05) is 0 Å². The van der Waals surface area contributed by atoms with Gasteiger partial charge >= 0.3 is 59.7 Å². The van der Waals surface area contributed by atoms with Crippen molar-refractivity contribution in [3.05, 3.63) is 215 Å². The Morgan fingerprint density at radius 2 is 0.522 bits per heavy atom. The van der Waals surface area contributed by atoms with Crippen molar-refractivity contribution in [3.8, 4) is 0 Å². The standard InChI is InChI=1S/C106H138O30/c1-7-9-11-13-15-17-19-21-23-25-27-29-31-51-65-117-67-83(118-66-52-32-30-28-26-24-22-20-18-16-14-12-10-8-2)68-122-103-93(136-106-95(134-102(116)82-63-49-38-50-64-82)90(132-100(114)80-59-45-36-46-60-80)86(130-106)71-121-98(112)78-55-41-34-42-56-78)91(87(128-103)72-123-104-96(126-76(6)110)92(125-75(5)109)88(124-74(4)108)84(127-104)69-119-73(3)107)135-105-94(133-101(115)81-61-47-37-48-62-81)89(131-99(113)79-57-43-35-44-58-79)85(129-105)70-120-97(111)77-53-39-33-40-54-77/h33-50,53-64,83-96,103-106H,7-32,51-52,65-72H2,1-6H3/t83?,84-,85-,86-,87-,88-,89-,90-,91-,92+,93+,94+,95+,96+,103+,104+,105-,106-/m1/s1. The fourth-order valence-corrected chi connectivity index (χ4v) is 16.7. The number of esters is 10. The molecule has 136 heavy (non-hydrogen) atoms. The van der Waals surface area contributed by atoms with E-state index in [-0.39, 0.29) is 53.2 Å². The third-order valence-electron chi connectivity index (χ3n) is 23.8. The maximum absolute atomic E-state index is 15.0. The van der Waals surface area contributed by atoms with Gasteiger partial charge in [0, 0.05) is 40.9 Å².